The van der Waals surface area contributed by atoms with E-state index in [1.807, 2.05) is 13.0 Å². The molecule has 7 heteroatoms. The highest BCUT2D eigenvalue weighted by molar-refractivity contribution is 5.94. The monoisotopic (exact) mass is 436 g/mol. The van der Waals surface area contributed by atoms with Crippen molar-refractivity contribution in [3.8, 4) is 0 Å². The molecule has 0 atom stereocenters. The summed E-state index contributed by atoms with van der Waals surface area (Å²) in [4.78, 5) is 23.9. The number of nitrogens with one attached hydrogen (secondary N) is 1. The number of hydrogen-bond acceptors (Lipinski definition) is 4. The Morgan fingerprint density at radius 2 is 1.81 bits per heavy atom. The van der Waals surface area contributed by atoms with Crippen LogP contribution >= 0.6 is 0 Å². The summed E-state index contributed by atoms with van der Waals surface area (Å²) in [6.07, 6.45) is 3.44. The van der Waals surface area contributed by atoms with Gasteiger partial charge in [-0.3, -0.25) is 9.69 Å². The molecule has 3 aromatic rings. The van der Waals surface area contributed by atoms with E-state index in [4.69, 9.17) is 0 Å². The molecule has 32 heavy (non-hydrogen) atoms. The second-order valence-corrected chi connectivity index (χ2v) is 8.22. The summed E-state index contributed by atoms with van der Waals surface area (Å²) >= 11 is 0. The van der Waals surface area contributed by atoms with Gasteiger partial charge in [-0.25, -0.2) is 18.7 Å². The molecule has 2 heterocycles. The van der Waals surface area contributed by atoms with E-state index in [-0.39, 0.29) is 23.5 Å². The second kappa shape index (κ2) is 9.96. The number of hydrogen-bond donors (Lipinski definition) is 1. The Balaban J connectivity index is 1.32. The first-order valence-corrected chi connectivity index (χ1v) is 10.8. The molecule has 1 amide bonds. The van der Waals surface area contributed by atoms with Crippen LogP contribution < -0.4 is 5.32 Å². The van der Waals surface area contributed by atoms with E-state index in [1.54, 1.807) is 30.5 Å². The van der Waals surface area contributed by atoms with E-state index in [2.05, 4.69) is 20.2 Å². The minimum absolute atomic E-state index is 0.206. The molecule has 2 aromatic carbocycles. The lowest BCUT2D eigenvalue weighted by Gasteiger charge is -2.31. The van der Waals surface area contributed by atoms with Gasteiger partial charge in [0.15, 0.2) is 0 Å². The smallest absolute Gasteiger partial charge is 0.254 e. The number of likely N-dealkylation sites (tertiary alicyclic amines) is 1. The van der Waals surface area contributed by atoms with Crippen molar-refractivity contribution in [2.75, 3.05) is 13.1 Å². The summed E-state index contributed by atoms with van der Waals surface area (Å²) in [5.74, 6) is 0.253. The Labute approximate surface area is 186 Å². The number of carbonyl (C=O) groups excluding carboxylic acids is 1. The van der Waals surface area contributed by atoms with Crippen molar-refractivity contribution in [2.45, 2.75) is 38.8 Å². The van der Waals surface area contributed by atoms with E-state index in [0.717, 1.165) is 49.4 Å². The number of halogens is 2. The van der Waals surface area contributed by atoms with Gasteiger partial charge in [-0.2, -0.15) is 0 Å². The fourth-order valence-electron chi connectivity index (χ4n) is 4.03. The van der Waals surface area contributed by atoms with E-state index in [1.165, 1.54) is 18.2 Å². The maximum atomic E-state index is 13.4. The van der Waals surface area contributed by atoms with Gasteiger partial charge in [0.05, 0.1) is 11.3 Å². The molecule has 166 valence electrons. The Morgan fingerprint density at radius 3 is 2.50 bits per heavy atom. The predicted octanol–water partition coefficient (Wildman–Crippen LogP) is 4.37. The summed E-state index contributed by atoms with van der Waals surface area (Å²) in [5.41, 5.74) is 2.89. The summed E-state index contributed by atoms with van der Waals surface area (Å²) < 4.78 is 26.4. The Bertz CT molecular complexity index is 1080. The first-order chi connectivity index (χ1) is 15.5. The highest BCUT2D eigenvalue weighted by Crippen LogP contribution is 2.27. The van der Waals surface area contributed by atoms with Gasteiger partial charge in [0, 0.05) is 25.2 Å². The molecule has 0 bridgehead atoms. The summed E-state index contributed by atoms with van der Waals surface area (Å²) in [6, 6.07) is 12.8. The number of nitrogens with zero attached hydrogens (tertiary/aromatic N) is 3. The Kier molecular flexibility index (Phi) is 6.85. The van der Waals surface area contributed by atoms with Gasteiger partial charge in [-0.1, -0.05) is 24.3 Å². The fourth-order valence-corrected chi connectivity index (χ4v) is 4.03. The SMILES string of the molecule is Cc1nc(C2CCN(Cc3cccc(F)c3)CC2)ncc1C(=O)NCc1ccc(F)cc1. The van der Waals surface area contributed by atoms with Crippen LogP contribution in [-0.2, 0) is 13.1 Å². The number of aryl methyl sites for hydroxylation is 1. The summed E-state index contributed by atoms with van der Waals surface area (Å²) in [7, 11) is 0. The summed E-state index contributed by atoms with van der Waals surface area (Å²) in [5, 5.41) is 2.83. The first kappa shape index (κ1) is 22.0. The molecule has 0 radical (unpaired) electrons. The van der Waals surface area contributed by atoms with Gasteiger partial charge in [-0.05, 0) is 68.2 Å². The van der Waals surface area contributed by atoms with Gasteiger partial charge in [0.1, 0.15) is 17.5 Å². The number of carbonyl (C=O) groups is 1. The quantitative estimate of drug-likeness (QED) is 0.623. The van der Waals surface area contributed by atoms with Crippen molar-refractivity contribution in [3.05, 3.63) is 94.6 Å². The molecule has 5 nitrogen and oxygen atoms in total. The molecule has 0 saturated carbocycles. The zero-order valence-corrected chi connectivity index (χ0v) is 18.0. The van der Waals surface area contributed by atoms with Crippen LogP contribution in [0.4, 0.5) is 8.78 Å². The van der Waals surface area contributed by atoms with Gasteiger partial charge < -0.3 is 5.32 Å². The molecule has 1 fully saturated rings. The van der Waals surface area contributed by atoms with Gasteiger partial charge in [0.2, 0.25) is 0 Å². The van der Waals surface area contributed by atoms with Crippen LogP contribution in [0.15, 0.2) is 54.7 Å². The molecule has 1 aliphatic heterocycles. The molecular weight excluding hydrogens is 410 g/mol. The number of benzene rings is 2. The van der Waals surface area contributed by atoms with Crippen molar-refractivity contribution >= 4 is 5.91 Å². The number of aromatic nitrogens is 2. The first-order valence-electron chi connectivity index (χ1n) is 10.8. The van der Waals surface area contributed by atoms with Gasteiger partial charge in [0.25, 0.3) is 5.91 Å². The van der Waals surface area contributed by atoms with Crippen LogP contribution in [-0.4, -0.2) is 33.9 Å². The van der Waals surface area contributed by atoms with Crippen molar-refractivity contribution in [1.82, 2.24) is 20.2 Å². The average molecular weight is 437 g/mol. The van der Waals surface area contributed by atoms with Crippen molar-refractivity contribution in [3.63, 3.8) is 0 Å². The van der Waals surface area contributed by atoms with Gasteiger partial charge in [-0.15, -0.1) is 0 Å². The van der Waals surface area contributed by atoms with E-state index in [0.29, 0.717) is 17.8 Å². The molecule has 1 saturated heterocycles. The second-order valence-electron chi connectivity index (χ2n) is 8.22. The lowest BCUT2D eigenvalue weighted by molar-refractivity contribution is 0.0949. The maximum Gasteiger partial charge on any atom is 0.254 e. The molecule has 0 spiro atoms. The summed E-state index contributed by atoms with van der Waals surface area (Å²) in [6.45, 7) is 4.64. The van der Waals surface area contributed by atoms with E-state index < -0.39 is 0 Å². The van der Waals surface area contributed by atoms with Crippen molar-refractivity contribution in [2.24, 2.45) is 0 Å². The normalized spacial score (nSPS) is 15.0. The van der Waals surface area contributed by atoms with Crippen molar-refractivity contribution < 1.29 is 13.6 Å². The highest BCUT2D eigenvalue weighted by atomic mass is 19.1. The Hall–Kier alpha value is -3.19. The maximum absolute atomic E-state index is 13.4. The zero-order chi connectivity index (χ0) is 22.5. The lowest BCUT2D eigenvalue weighted by Crippen LogP contribution is -2.33. The van der Waals surface area contributed by atoms with Crippen molar-refractivity contribution in [1.29, 1.82) is 0 Å². The van der Waals surface area contributed by atoms with Crippen LogP contribution in [0.1, 0.15) is 51.8 Å². The average Bonchev–Trinajstić information content (AvgIpc) is 2.79. The molecule has 0 unspecified atom stereocenters. The van der Waals surface area contributed by atoms with E-state index >= 15 is 0 Å². The van der Waals surface area contributed by atoms with Gasteiger partial charge >= 0.3 is 0 Å². The molecule has 1 aliphatic rings. The van der Waals surface area contributed by atoms with Crippen LogP contribution in [0.5, 0.6) is 0 Å². The Morgan fingerprint density at radius 1 is 1.06 bits per heavy atom. The molecule has 4 rings (SSSR count). The lowest BCUT2D eigenvalue weighted by atomic mass is 9.95. The zero-order valence-electron chi connectivity index (χ0n) is 18.0. The molecule has 1 aromatic heterocycles. The minimum Gasteiger partial charge on any atom is -0.348 e. The fraction of sp³-hybridized carbons (Fsp3) is 0.320. The number of amides is 1. The third-order valence-electron chi connectivity index (χ3n) is 5.86. The largest absolute Gasteiger partial charge is 0.348 e. The van der Waals surface area contributed by atoms with E-state index in [9.17, 15) is 13.6 Å². The number of piperidine rings is 1. The predicted molar refractivity (Wildman–Crippen MR) is 118 cm³/mol. The van der Waals surface area contributed by atoms with Crippen LogP contribution in [0.3, 0.4) is 0 Å². The van der Waals surface area contributed by atoms with Crippen LogP contribution in [0, 0.1) is 18.6 Å². The van der Waals surface area contributed by atoms with Crippen LogP contribution in [0.25, 0.3) is 0 Å². The standard InChI is InChI=1S/C25H26F2N4O/c1-17-23(25(32)29-14-18-5-7-21(26)8-6-18)15-28-24(30-17)20-9-11-31(12-10-20)16-19-3-2-4-22(27)13-19/h2-8,13,15,20H,9-12,14,16H2,1H3,(H,29,32). The highest BCUT2D eigenvalue weighted by Gasteiger charge is 2.24. The molecule has 0 aliphatic carbocycles. The molecule has 1 N–H and O–H groups in total. The van der Waals surface area contributed by atoms with Crippen LogP contribution in [0.2, 0.25) is 0 Å². The third kappa shape index (κ3) is 5.53. The number of rotatable bonds is 6. The topological polar surface area (TPSA) is 58.1 Å². The third-order valence-corrected chi connectivity index (χ3v) is 5.86. The molecular formula is C25H26F2N4O. The minimum atomic E-state index is -0.306.